The number of aliphatic carboxylic acids is 1. The summed E-state index contributed by atoms with van der Waals surface area (Å²) >= 11 is 0. The largest absolute Gasteiger partial charge is 0.478 e. The van der Waals surface area contributed by atoms with Gasteiger partial charge in [-0.25, -0.2) is 4.79 Å². The third-order valence-electron chi connectivity index (χ3n) is 9.13. The average molecular weight is 611 g/mol. The predicted molar refractivity (Wildman–Crippen MR) is 183 cm³/mol. The lowest BCUT2D eigenvalue weighted by Crippen LogP contribution is -2.50. The van der Waals surface area contributed by atoms with E-state index in [1.165, 1.54) is 154 Å². The minimum atomic E-state index is -1.60. The van der Waals surface area contributed by atoms with E-state index in [4.69, 9.17) is 10.8 Å². The van der Waals surface area contributed by atoms with Gasteiger partial charge in [0.1, 0.15) is 0 Å². The number of hydrogen-bond acceptors (Lipinski definition) is 4. The quantitative estimate of drug-likeness (QED) is 0.0702. The number of carboxylic acids is 1. The second-order valence-corrected chi connectivity index (χ2v) is 13.3. The van der Waals surface area contributed by atoms with E-state index in [1.54, 1.807) is 4.90 Å². The molecule has 43 heavy (non-hydrogen) atoms. The number of amides is 1. The van der Waals surface area contributed by atoms with Crippen molar-refractivity contribution in [2.75, 3.05) is 13.1 Å². The Morgan fingerprint density at radius 3 is 1.23 bits per heavy atom. The molecule has 1 heterocycles. The normalized spacial score (nSPS) is 16.7. The Bertz CT molecular complexity index is 630. The Kier molecular flexibility index (Phi) is 30.0. The van der Waals surface area contributed by atoms with Gasteiger partial charge in [-0.1, -0.05) is 174 Å². The van der Waals surface area contributed by atoms with Crippen molar-refractivity contribution in [1.29, 1.82) is 0 Å². The third-order valence-corrected chi connectivity index (χ3v) is 9.13. The molecule has 1 fully saturated rings. The van der Waals surface area contributed by atoms with Gasteiger partial charge in [0.2, 0.25) is 11.6 Å². The van der Waals surface area contributed by atoms with E-state index >= 15 is 0 Å². The van der Waals surface area contributed by atoms with Gasteiger partial charge in [-0.05, 0) is 19.3 Å². The maximum atomic E-state index is 11.2. The summed E-state index contributed by atoms with van der Waals surface area (Å²) in [5, 5.41) is 19.3. The molecule has 256 valence electrons. The third kappa shape index (κ3) is 25.8. The summed E-state index contributed by atoms with van der Waals surface area (Å²) in [6.45, 7) is 5.95. The highest BCUT2D eigenvalue weighted by Gasteiger charge is 2.45. The Morgan fingerprint density at radius 1 is 0.581 bits per heavy atom. The molecule has 1 rings (SSSR count). The first kappa shape index (κ1) is 41.9. The number of primary amides is 1. The summed E-state index contributed by atoms with van der Waals surface area (Å²) in [6.07, 6.45) is 37.6. The number of nitrogens with two attached hydrogens (primary N) is 1. The van der Waals surface area contributed by atoms with Crippen LogP contribution in [0.15, 0.2) is 0 Å². The zero-order chi connectivity index (χ0) is 31.9. The van der Waals surface area contributed by atoms with Crippen LogP contribution in [0.2, 0.25) is 0 Å². The highest BCUT2D eigenvalue weighted by Crippen LogP contribution is 2.27. The van der Waals surface area contributed by atoms with Gasteiger partial charge in [0.25, 0.3) is 0 Å². The van der Waals surface area contributed by atoms with Crippen LogP contribution in [0.4, 0.5) is 0 Å². The van der Waals surface area contributed by atoms with Gasteiger partial charge in [0, 0.05) is 25.9 Å². The smallest absolute Gasteiger partial charge is 0.351 e. The lowest BCUT2D eigenvalue weighted by Gasteiger charge is -2.29. The molecule has 1 atom stereocenters. The van der Waals surface area contributed by atoms with Crippen molar-refractivity contribution in [3.8, 4) is 0 Å². The van der Waals surface area contributed by atoms with Gasteiger partial charge >= 0.3 is 5.97 Å². The fraction of sp³-hybridized carbons (Fsp3) is 0.946. The van der Waals surface area contributed by atoms with Crippen LogP contribution >= 0.6 is 0 Å². The molecule has 6 nitrogen and oxygen atoms in total. The minimum absolute atomic E-state index is 0.155. The van der Waals surface area contributed by atoms with Crippen LogP contribution in [0.5, 0.6) is 0 Å². The number of unbranched alkanes of at least 4 members (excludes halogenated alkanes) is 25. The van der Waals surface area contributed by atoms with Crippen LogP contribution in [-0.4, -0.2) is 45.8 Å². The number of hydrogen-bond donors (Lipinski definition) is 3. The molecular formula is C37H74N2O4. The molecule has 0 aromatic carbocycles. The van der Waals surface area contributed by atoms with E-state index in [1.807, 2.05) is 0 Å². The predicted octanol–water partition coefficient (Wildman–Crippen LogP) is 10.3. The first-order valence-corrected chi connectivity index (χ1v) is 18.9. The Morgan fingerprint density at radius 2 is 0.907 bits per heavy atom. The van der Waals surface area contributed by atoms with Crippen LogP contribution in [0.1, 0.15) is 206 Å². The van der Waals surface area contributed by atoms with Gasteiger partial charge < -0.3 is 15.9 Å². The fourth-order valence-electron chi connectivity index (χ4n) is 6.21. The first-order chi connectivity index (χ1) is 20.9. The Hall–Kier alpha value is -1.14. The van der Waals surface area contributed by atoms with Crippen molar-refractivity contribution >= 4 is 11.9 Å². The van der Waals surface area contributed by atoms with E-state index in [0.29, 0.717) is 25.9 Å². The molecule has 1 saturated heterocycles. The maximum Gasteiger partial charge on any atom is 0.351 e. The highest BCUT2D eigenvalue weighted by atomic mass is 16.4. The van der Waals surface area contributed by atoms with Crippen molar-refractivity contribution in [1.82, 2.24) is 4.90 Å². The molecule has 0 radical (unpaired) electrons. The second kappa shape index (κ2) is 30.9. The van der Waals surface area contributed by atoms with Gasteiger partial charge in [-0.2, -0.15) is 0 Å². The number of carbonyl (C=O) groups excluding carboxylic acids is 1. The molecule has 0 aromatic heterocycles. The lowest BCUT2D eigenvalue weighted by molar-refractivity contribution is -0.176. The Labute approximate surface area is 267 Å². The number of likely N-dealkylation sites (tertiary alicyclic amines) is 1. The van der Waals surface area contributed by atoms with Gasteiger partial charge in [-0.3, -0.25) is 9.69 Å². The first-order valence-electron chi connectivity index (χ1n) is 18.9. The van der Waals surface area contributed by atoms with Crippen LogP contribution in [0, 0.1) is 0 Å². The molecule has 0 spiro atoms. The summed E-state index contributed by atoms with van der Waals surface area (Å²) in [5.74, 6) is -1.24. The van der Waals surface area contributed by atoms with Gasteiger partial charge in [0.05, 0.1) is 0 Å². The van der Waals surface area contributed by atoms with Crippen LogP contribution in [-0.2, 0) is 9.59 Å². The van der Waals surface area contributed by atoms with E-state index in [-0.39, 0.29) is 5.91 Å². The second-order valence-electron chi connectivity index (χ2n) is 13.3. The van der Waals surface area contributed by atoms with Crippen molar-refractivity contribution < 1.29 is 19.8 Å². The van der Waals surface area contributed by atoms with Crippen LogP contribution in [0.25, 0.3) is 0 Å². The van der Waals surface area contributed by atoms with Crippen molar-refractivity contribution in [3.05, 3.63) is 0 Å². The maximum absolute atomic E-state index is 11.2. The van der Waals surface area contributed by atoms with Crippen molar-refractivity contribution in [2.45, 2.75) is 212 Å². The Balaban J connectivity index is 0.000000869. The number of nitrogens with zero attached hydrogens (tertiary/aromatic N) is 1. The number of carbonyl (C=O) groups is 2. The molecule has 6 heteroatoms. The van der Waals surface area contributed by atoms with E-state index in [9.17, 15) is 14.7 Å². The highest BCUT2D eigenvalue weighted by molar-refractivity contribution is 5.76. The minimum Gasteiger partial charge on any atom is -0.478 e. The molecular weight excluding hydrogens is 536 g/mol. The fourth-order valence-corrected chi connectivity index (χ4v) is 6.21. The van der Waals surface area contributed by atoms with Crippen molar-refractivity contribution in [3.63, 3.8) is 0 Å². The summed E-state index contributed by atoms with van der Waals surface area (Å²) in [6, 6.07) is 0. The van der Waals surface area contributed by atoms with Crippen LogP contribution in [0.3, 0.4) is 0 Å². The molecule has 1 amide bonds. The van der Waals surface area contributed by atoms with Crippen molar-refractivity contribution in [2.24, 2.45) is 5.73 Å². The molecule has 0 saturated carbocycles. The van der Waals surface area contributed by atoms with E-state index in [2.05, 4.69) is 13.8 Å². The summed E-state index contributed by atoms with van der Waals surface area (Å²) < 4.78 is 0. The standard InChI is InChI=1S/C21H41NO3.C16H33NO/c1-2-3-4-5-6-7-8-9-10-11-12-13-14-15-18-22-19-16-17-21(22,25)20(23)24;1-2-3-4-5-6-7-8-9-10-11-12-13-14-15-16(17)18/h25H,2-19H2,1H3,(H,23,24);2-15H2,1H3,(H2,17,18). The molecule has 0 aromatic rings. The van der Waals surface area contributed by atoms with Gasteiger partial charge in [-0.15, -0.1) is 0 Å². The monoisotopic (exact) mass is 611 g/mol. The number of aliphatic hydroxyl groups is 1. The summed E-state index contributed by atoms with van der Waals surface area (Å²) in [7, 11) is 0. The molecule has 0 bridgehead atoms. The molecule has 0 aliphatic carbocycles. The molecule has 1 unspecified atom stereocenters. The summed E-state index contributed by atoms with van der Waals surface area (Å²) in [4.78, 5) is 23.5. The SMILES string of the molecule is CCCCCCCCCCCCCCCC(N)=O.CCCCCCCCCCCCCCCCN1CCCC1(O)C(=O)O. The zero-order valence-electron chi connectivity index (χ0n) is 28.9. The summed E-state index contributed by atoms with van der Waals surface area (Å²) in [5.41, 5.74) is 3.49. The topological polar surface area (TPSA) is 104 Å². The number of rotatable bonds is 30. The molecule has 1 aliphatic heterocycles. The lowest BCUT2D eigenvalue weighted by atomic mass is 10.0. The molecule has 4 N–H and O–H groups in total. The van der Waals surface area contributed by atoms with Gasteiger partial charge in [0.15, 0.2) is 0 Å². The van der Waals surface area contributed by atoms with E-state index < -0.39 is 11.7 Å². The average Bonchev–Trinajstić information content (AvgIpc) is 3.37. The molecule has 1 aliphatic rings. The zero-order valence-corrected chi connectivity index (χ0v) is 28.9. The van der Waals surface area contributed by atoms with Crippen LogP contribution < -0.4 is 5.73 Å². The van der Waals surface area contributed by atoms with E-state index in [0.717, 1.165) is 25.7 Å². The number of carboxylic acid groups (broad SMARTS) is 1.